The lowest BCUT2D eigenvalue weighted by molar-refractivity contribution is 0.184. The Bertz CT molecular complexity index is 515. The molecule has 2 nitrogen and oxygen atoms in total. The van der Waals surface area contributed by atoms with E-state index in [0.717, 1.165) is 22.1 Å². The van der Waals surface area contributed by atoms with E-state index in [1.165, 1.54) is 0 Å². The van der Waals surface area contributed by atoms with E-state index >= 15 is 0 Å². The zero-order chi connectivity index (χ0) is 12.4. The van der Waals surface area contributed by atoms with Crippen molar-refractivity contribution in [2.45, 2.75) is 33.0 Å². The average molecular weight is 230 g/mol. The molecule has 0 aliphatic heterocycles. The Hall–Kier alpha value is -1.54. The van der Waals surface area contributed by atoms with Crippen LogP contribution < -0.4 is 4.74 Å². The Balaban J connectivity index is 2.66. The van der Waals surface area contributed by atoms with Gasteiger partial charge in [-0.25, -0.2) is 0 Å². The highest BCUT2D eigenvalue weighted by molar-refractivity contribution is 5.89. The van der Waals surface area contributed by atoms with Crippen molar-refractivity contribution in [2.24, 2.45) is 0 Å². The van der Waals surface area contributed by atoms with Crippen LogP contribution in [0, 0.1) is 0 Å². The van der Waals surface area contributed by atoms with Gasteiger partial charge in [-0.3, -0.25) is 0 Å². The molecule has 0 saturated heterocycles. The van der Waals surface area contributed by atoms with Gasteiger partial charge in [0, 0.05) is 10.9 Å². The summed E-state index contributed by atoms with van der Waals surface area (Å²) >= 11 is 0. The Morgan fingerprint density at radius 1 is 1.00 bits per heavy atom. The highest BCUT2D eigenvalue weighted by Gasteiger charge is 2.13. The molecule has 0 fully saturated rings. The van der Waals surface area contributed by atoms with Gasteiger partial charge in [-0.1, -0.05) is 36.4 Å². The smallest absolute Gasteiger partial charge is 0.133 e. The second-order valence-corrected chi connectivity index (χ2v) is 4.55. The lowest BCUT2D eigenvalue weighted by Gasteiger charge is -2.18. The molecule has 0 bridgehead atoms. The van der Waals surface area contributed by atoms with Gasteiger partial charge in [0.05, 0.1) is 12.2 Å². The number of rotatable bonds is 3. The average Bonchev–Trinajstić information content (AvgIpc) is 2.28. The van der Waals surface area contributed by atoms with Gasteiger partial charge in [0.2, 0.25) is 0 Å². The molecule has 2 heteroatoms. The van der Waals surface area contributed by atoms with Crippen LogP contribution in [0.1, 0.15) is 32.4 Å². The molecule has 0 spiro atoms. The van der Waals surface area contributed by atoms with Gasteiger partial charge in [0.25, 0.3) is 0 Å². The van der Waals surface area contributed by atoms with Crippen LogP contribution in [0.4, 0.5) is 0 Å². The highest BCUT2D eigenvalue weighted by atomic mass is 16.5. The van der Waals surface area contributed by atoms with E-state index in [4.69, 9.17) is 4.74 Å². The second-order valence-electron chi connectivity index (χ2n) is 4.55. The van der Waals surface area contributed by atoms with Crippen molar-refractivity contribution in [3.8, 4) is 5.75 Å². The van der Waals surface area contributed by atoms with Crippen LogP contribution in [-0.4, -0.2) is 11.2 Å². The molecule has 0 aromatic heterocycles. The maximum absolute atomic E-state index is 9.80. The first-order valence-corrected chi connectivity index (χ1v) is 5.96. The number of hydrogen-bond donors (Lipinski definition) is 1. The molecular weight excluding hydrogens is 212 g/mol. The van der Waals surface area contributed by atoms with E-state index in [1.807, 2.05) is 50.2 Å². The SMILES string of the molecule is CC(C)Oc1c(C(C)O)ccc2ccccc12. The first-order valence-electron chi connectivity index (χ1n) is 5.96. The van der Waals surface area contributed by atoms with E-state index < -0.39 is 6.10 Å². The van der Waals surface area contributed by atoms with E-state index in [9.17, 15) is 5.11 Å². The van der Waals surface area contributed by atoms with Crippen LogP contribution >= 0.6 is 0 Å². The summed E-state index contributed by atoms with van der Waals surface area (Å²) in [4.78, 5) is 0. The van der Waals surface area contributed by atoms with E-state index in [-0.39, 0.29) is 6.10 Å². The topological polar surface area (TPSA) is 29.5 Å². The Morgan fingerprint density at radius 2 is 1.71 bits per heavy atom. The summed E-state index contributed by atoms with van der Waals surface area (Å²) in [5, 5.41) is 12.0. The molecule has 1 unspecified atom stereocenters. The summed E-state index contributed by atoms with van der Waals surface area (Å²) in [5.74, 6) is 0.799. The van der Waals surface area contributed by atoms with E-state index in [1.54, 1.807) is 6.92 Å². The van der Waals surface area contributed by atoms with Crippen LogP contribution in [0.15, 0.2) is 36.4 Å². The minimum absolute atomic E-state index is 0.0957. The van der Waals surface area contributed by atoms with Crippen molar-refractivity contribution < 1.29 is 9.84 Å². The van der Waals surface area contributed by atoms with Crippen molar-refractivity contribution in [2.75, 3.05) is 0 Å². The lowest BCUT2D eigenvalue weighted by atomic mass is 10.0. The first-order chi connectivity index (χ1) is 8.09. The molecule has 2 rings (SSSR count). The summed E-state index contributed by atoms with van der Waals surface area (Å²) in [7, 11) is 0. The third-order valence-electron chi connectivity index (χ3n) is 2.71. The Kier molecular flexibility index (Phi) is 3.34. The molecule has 0 heterocycles. The zero-order valence-corrected chi connectivity index (χ0v) is 10.5. The predicted molar refractivity (Wildman–Crippen MR) is 70.3 cm³/mol. The van der Waals surface area contributed by atoms with Gasteiger partial charge >= 0.3 is 0 Å². The fourth-order valence-corrected chi connectivity index (χ4v) is 1.96. The van der Waals surface area contributed by atoms with Crippen LogP contribution in [0.5, 0.6) is 5.75 Å². The Morgan fingerprint density at radius 3 is 2.35 bits per heavy atom. The quantitative estimate of drug-likeness (QED) is 0.871. The van der Waals surface area contributed by atoms with Crippen LogP contribution in [0.3, 0.4) is 0 Å². The van der Waals surface area contributed by atoms with Gasteiger partial charge in [0.15, 0.2) is 0 Å². The van der Waals surface area contributed by atoms with Gasteiger partial charge in [-0.05, 0) is 26.2 Å². The number of aliphatic hydroxyl groups excluding tert-OH is 1. The molecule has 1 atom stereocenters. The number of benzene rings is 2. The number of fused-ring (bicyclic) bond motifs is 1. The molecule has 0 radical (unpaired) electrons. The van der Waals surface area contributed by atoms with Crippen molar-refractivity contribution in [3.63, 3.8) is 0 Å². The third-order valence-corrected chi connectivity index (χ3v) is 2.71. The van der Waals surface area contributed by atoms with E-state index in [2.05, 4.69) is 0 Å². The van der Waals surface area contributed by atoms with Crippen molar-refractivity contribution in [1.82, 2.24) is 0 Å². The predicted octanol–water partition coefficient (Wildman–Crippen LogP) is 3.68. The van der Waals surface area contributed by atoms with Gasteiger partial charge < -0.3 is 9.84 Å². The minimum Gasteiger partial charge on any atom is -0.490 e. The highest BCUT2D eigenvalue weighted by Crippen LogP contribution is 2.34. The second kappa shape index (κ2) is 4.76. The molecule has 2 aromatic rings. The largest absolute Gasteiger partial charge is 0.490 e. The van der Waals surface area contributed by atoms with Crippen molar-refractivity contribution >= 4 is 10.8 Å². The fourth-order valence-electron chi connectivity index (χ4n) is 1.96. The van der Waals surface area contributed by atoms with Gasteiger partial charge in [-0.15, -0.1) is 0 Å². The summed E-state index contributed by atoms with van der Waals surface area (Å²) in [6.45, 7) is 5.75. The number of ether oxygens (including phenoxy) is 1. The van der Waals surface area contributed by atoms with Crippen LogP contribution in [0.25, 0.3) is 10.8 Å². The number of aliphatic hydroxyl groups is 1. The molecule has 1 N–H and O–H groups in total. The third kappa shape index (κ3) is 2.42. The maximum atomic E-state index is 9.80. The minimum atomic E-state index is -0.520. The molecule has 0 aliphatic carbocycles. The first kappa shape index (κ1) is 11.9. The van der Waals surface area contributed by atoms with Crippen molar-refractivity contribution in [1.29, 1.82) is 0 Å². The molecule has 0 amide bonds. The molecule has 90 valence electrons. The fraction of sp³-hybridized carbons (Fsp3) is 0.333. The van der Waals surface area contributed by atoms with Crippen LogP contribution in [0.2, 0.25) is 0 Å². The molecule has 17 heavy (non-hydrogen) atoms. The molecule has 0 saturated carbocycles. The molecular formula is C15H18O2. The van der Waals surface area contributed by atoms with Gasteiger partial charge in [0.1, 0.15) is 5.75 Å². The Labute approximate surface area is 102 Å². The summed E-state index contributed by atoms with van der Waals surface area (Å²) < 4.78 is 5.86. The monoisotopic (exact) mass is 230 g/mol. The maximum Gasteiger partial charge on any atom is 0.133 e. The normalized spacial score (nSPS) is 13.0. The lowest BCUT2D eigenvalue weighted by Crippen LogP contribution is -2.09. The molecule has 2 aromatic carbocycles. The molecule has 0 aliphatic rings. The zero-order valence-electron chi connectivity index (χ0n) is 10.5. The van der Waals surface area contributed by atoms with E-state index in [0.29, 0.717) is 0 Å². The van der Waals surface area contributed by atoms with Gasteiger partial charge in [-0.2, -0.15) is 0 Å². The summed E-state index contributed by atoms with van der Waals surface area (Å²) in [5.41, 5.74) is 0.845. The number of hydrogen-bond acceptors (Lipinski definition) is 2. The van der Waals surface area contributed by atoms with Crippen molar-refractivity contribution in [3.05, 3.63) is 42.0 Å². The summed E-state index contributed by atoms with van der Waals surface area (Å²) in [6.07, 6.45) is -0.424. The standard InChI is InChI=1S/C15H18O2/c1-10(2)17-15-13(11(3)16)9-8-12-6-4-5-7-14(12)15/h4-11,16H,1-3H3. The van der Waals surface area contributed by atoms with Crippen LogP contribution in [-0.2, 0) is 0 Å². The summed E-state index contributed by atoms with van der Waals surface area (Å²) in [6, 6.07) is 12.0.